The molecule has 0 saturated heterocycles. The van der Waals surface area contributed by atoms with Crippen LogP contribution < -0.4 is 4.74 Å². The molecule has 2 aromatic rings. The SMILES string of the molecule is C[C@H]1CN([C@@H](C)CO)S(=O)(=O)c2ccc(-c3ccccc3)cc2O[C@H]1CN(C)C(=O)CN(C)C. The van der Waals surface area contributed by atoms with Crippen molar-refractivity contribution >= 4 is 15.9 Å². The van der Waals surface area contributed by atoms with E-state index in [4.69, 9.17) is 4.74 Å². The van der Waals surface area contributed by atoms with Crippen LogP contribution in [0, 0.1) is 5.92 Å². The van der Waals surface area contributed by atoms with Gasteiger partial charge in [-0.25, -0.2) is 8.42 Å². The largest absolute Gasteiger partial charge is 0.487 e. The number of hydrogen-bond donors (Lipinski definition) is 1. The van der Waals surface area contributed by atoms with Crippen molar-refractivity contribution in [2.75, 3.05) is 47.4 Å². The van der Waals surface area contributed by atoms with Crippen LogP contribution in [0.4, 0.5) is 0 Å². The molecular weight excluding hydrogens is 454 g/mol. The molecule has 0 aliphatic carbocycles. The van der Waals surface area contributed by atoms with Crippen molar-refractivity contribution in [1.29, 1.82) is 0 Å². The molecule has 1 N–H and O–H groups in total. The fourth-order valence-corrected chi connectivity index (χ4v) is 5.84. The standard InChI is InChI=1S/C25H35N3O5S/c1-18-14-28(19(2)17-29)34(31,32)24-12-11-21(20-9-7-6-8-10-20)13-22(24)33-23(18)15-27(5)25(30)16-26(3)4/h6-13,18-19,23,29H,14-17H2,1-5H3/t18-,19-,23-/m0/s1. The van der Waals surface area contributed by atoms with Gasteiger partial charge in [-0.15, -0.1) is 0 Å². The molecule has 0 unspecified atom stereocenters. The zero-order valence-corrected chi connectivity index (χ0v) is 21.3. The van der Waals surface area contributed by atoms with Crippen molar-refractivity contribution in [2.24, 2.45) is 5.92 Å². The molecule has 0 aromatic heterocycles. The highest BCUT2D eigenvalue weighted by atomic mass is 32.2. The lowest BCUT2D eigenvalue weighted by atomic mass is 10.0. The Morgan fingerprint density at radius 3 is 2.44 bits per heavy atom. The van der Waals surface area contributed by atoms with Crippen molar-refractivity contribution in [1.82, 2.24) is 14.1 Å². The normalized spacial score (nSPS) is 21.1. The number of aliphatic hydroxyl groups is 1. The van der Waals surface area contributed by atoms with Gasteiger partial charge in [0.15, 0.2) is 0 Å². The van der Waals surface area contributed by atoms with Crippen LogP contribution in [0.3, 0.4) is 0 Å². The molecule has 0 bridgehead atoms. The van der Waals surface area contributed by atoms with Gasteiger partial charge in [-0.3, -0.25) is 4.79 Å². The highest BCUT2D eigenvalue weighted by Gasteiger charge is 2.38. The van der Waals surface area contributed by atoms with E-state index >= 15 is 0 Å². The Bertz CT molecular complexity index is 1090. The molecular formula is C25H35N3O5S. The first-order valence-corrected chi connectivity index (χ1v) is 12.9. The maximum Gasteiger partial charge on any atom is 0.247 e. The second kappa shape index (κ2) is 10.9. The third-order valence-corrected chi connectivity index (χ3v) is 8.12. The summed E-state index contributed by atoms with van der Waals surface area (Å²) in [7, 11) is 1.49. The predicted octanol–water partition coefficient (Wildman–Crippen LogP) is 2.14. The molecule has 3 atom stereocenters. The lowest BCUT2D eigenvalue weighted by Crippen LogP contribution is -2.50. The van der Waals surface area contributed by atoms with Gasteiger partial charge < -0.3 is 19.6 Å². The fraction of sp³-hybridized carbons (Fsp3) is 0.480. The number of amides is 1. The first-order chi connectivity index (χ1) is 16.0. The van der Waals surface area contributed by atoms with Gasteiger partial charge >= 0.3 is 0 Å². The Morgan fingerprint density at radius 1 is 1.15 bits per heavy atom. The topological polar surface area (TPSA) is 90.4 Å². The zero-order valence-electron chi connectivity index (χ0n) is 20.5. The monoisotopic (exact) mass is 489 g/mol. The Labute approximate surface area is 202 Å². The van der Waals surface area contributed by atoms with E-state index in [1.165, 1.54) is 4.31 Å². The molecule has 8 nitrogen and oxygen atoms in total. The van der Waals surface area contributed by atoms with E-state index in [1.807, 2.05) is 51.4 Å². The Morgan fingerprint density at radius 2 is 1.82 bits per heavy atom. The first-order valence-electron chi connectivity index (χ1n) is 11.4. The quantitative estimate of drug-likeness (QED) is 0.641. The number of carbonyl (C=O) groups excluding carboxylic acids is 1. The molecule has 1 aliphatic heterocycles. The minimum absolute atomic E-state index is 0.0469. The molecule has 3 rings (SSSR count). The third-order valence-electron chi connectivity index (χ3n) is 6.11. The molecule has 0 fully saturated rings. The van der Waals surface area contributed by atoms with Crippen LogP contribution in [0.5, 0.6) is 5.75 Å². The fourth-order valence-electron chi connectivity index (χ4n) is 4.02. The Kier molecular flexibility index (Phi) is 8.35. The Balaban J connectivity index is 2.06. The number of rotatable bonds is 7. The maximum atomic E-state index is 13.6. The van der Waals surface area contributed by atoms with Crippen LogP contribution in [0.1, 0.15) is 13.8 Å². The van der Waals surface area contributed by atoms with Crippen molar-refractivity contribution in [3.8, 4) is 16.9 Å². The minimum atomic E-state index is -3.91. The lowest BCUT2D eigenvalue weighted by Gasteiger charge is -2.37. The summed E-state index contributed by atoms with van der Waals surface area (Å²) < 4.78 is 34.9. The van der Waals surface area contributed by atoms with Gasteiger partial charge in [-0.1, -0.05) is 43.3 Å². The van der Waals surface area contributed by atoms with Gasteiger partial charge in [-0.05, 0) is 44.3 Å². The molecule has 9 heteroatoms. The van der Waals surface area contributed by atoms with E-state index in [9.17, 15) is 18.3 Å². The average Bonchev–Trinajstić information content (AvgIpc) is 2.80. The number of likely N-dealkylation sites (N-methyl/N-ethyl adjacent to an activating group) is 2. The molecule has 0 saturated carbocycles. The first kappa shape index (κ1) is 26.2. The average molecular weight is 490 g/mol. The van der Waals surface area contributed by atoms with E-state index in [1.54, 1.807) is 42.0 Å². The van der Waals surface area contributed by atoms with Gasteiger partial charge in [0.2, 0.25) is 15.9 Å². The number of ether oxygens (including phenoxy) is 1. The van der Waals surface area contributed by atoms with Crippen molar-refractivity contribution in [3.05, 3.63) is 48.5 Å². The molecule has 2 aromatic carbocycles. The lowest BCUT2D eigenvalue weighted by molar-refractivity contribution is -0.132. The van der Waals surface area contributed by atoms with Crippen LogP contribution in [0.15, 0.2) is 53.4 Å². The summed E-state index contributed by atoms with van der Waals surface area (Å²) in [5, 5.41) is 9.78. The number of carbonyl (C=O) groups is 1. The summed E-state index contributed by atoms with van der Waals surface area (Å²) >= 11 is 0. The molecule has 1 aliphatic rings. The number of fused-ring (bicyclic) bond motifs is 1. The second-order valence-electron chi connectivity index (χ2n) is 9.28. The summed E-state index contributed by atoms with van der Waals surface area (Å²) in [6.45, 7) is 4.05. The molecule has 1 amide bonds. The molecule has 0 spiro atoms. The van der Waals surface area contributed by atoms with E-state index in [0.717, 1.165) is 11.1 Å². The van der Waals surface area contributed by atoms with Crippen LogP contribution in [-0.4, -0.2) is 93.1 Å². The zero-order chi connectivity index (χ0) is 25.0. The summed E-state index contributed by atoms with van der Waals surface area (Å²) in [6.07, 6.45) is -0.440. The molecule has 186 valence electrons. The van der Waals surface area contributed by atoms with Crippen molar-refractivity contribution < 1.29 is 23.1 Å². The number of hydrogen-bond acceptors (Lipinski definition) is 6. The van der Waals surface area contributed by atoms with E-state index in [2.05, 4.69) is 0 Å². The summed E-state index contributed by atoms with van der Waals surface area (Å²) in [5.74, 6) is -0.0252. The molecule has 34 heavy (non-hydrogen) atoms. The van der Waals surface area contributed by atoms with Gasteiger partial charge in [0.1, 0.15) is 16.7 Å². The molecule has 1 heterocycles. The smallest absolute Gasteiger partial charge is 0.247 e. The number of benzene rings is 2. The van der Waals surface area contributed by atoms with Crippen LogP contribution in [0.25, 0.3) is 11.1 Å². The summed E-state index contributed by atoms with van der Waals surface area (Å²) in [5.41, 5.74) is 1.78. The van der Waals surface area contributed by atoms with E-state index in [0.29, 0.717) is 6.54 Å². The highest BCUT2D eigenvalue weighted by Crippen LogP contribution is 2.36. The van der Waals surface area contributed by atoms with E-state index < -0.39 is 22.2 Å². The number of aliphatic hydroxyl groups excluding tert-OH is 1. The molecule has 0 radical (unpaired) electrons. The minimum Gasteiger partial charge on any atom is -0.487 e. The van der Waals surface area contributed by atoms with Gasteiger partial charge in [0.25, 0.3) is 0 Å². The van der Waals surface area contributed by atoms with Crippen LogP contribution in [-0.2, 0) is 14.8 Å². The van der Waals surface area contributed by atoms with Crippen LogP contribution >= 0.6 is 0 Å². The van der Waals surface area contributed by atoms with E-state index in [-0.39, 0.29) is 42.2 Å². The van der Waals surface area contributed by atoms with Crippen molar-refractivity contribution in [2.45, 2.75) is 30.9 Å². The predicted molar refractivity (Wildman–Crippen MR) is 132 cm³/mol. The van der Waals surface area contributed by atoms with Gasteiger partial charge in [-0.2, -0.15) is 4.31 Å². The van der Waals surface area contributed by atoms with Gasteiger partial charge in [0, 0.05) is 25.6 Å². The highest BCUT2D eigenvalue weighted by molar-refractivity contribution is 7.89. The van der Waals surface area contributed by atoms with Crippen molar-refractivity contribution in [3.63, 3.8) is 0 Å². The Hall–Kier alpha value is -2.46. The third kappa shape index (κ3) is 5.78. The summed E-state index contributed by atoms with van der Waals surface area (Å²) in [4.78, 5) is 16.1. The summed E-state index contributed by atoms with van der Waals surface area (Å²) in [6, 6.07) is 14.2. The van der Waals surface area contributed by atoms with Crippen LogP contribution in [0.2, 0.25) is 0 Å². The maximum absolute atomic E-state index is 13.6. The second-order valence-corrected chi connectivity index (χ2v) is 11.1. The van der Waals surface area contributed by atoms with Gasteiger partial charge in [0.05, 0.1) is 19.7 Å². The number of sulfonamides is 1. The number of nitrogens with zero attached hydrogens (tertiary/aromatic N) is 3.